The number of nitrogens with zero attached hydrogens (tertiary/aromatic N) is 1. The molecule has 0 spiro atoms. The lowest BCUT2D eigenvalue weighted by molar-refractivity contribution is 0.0789. The Labute approximate surface area is 103 Å². The predicted octanol–water partition coefficient (Wildman–Crippen LogP) is 2.97. The maximum Gasteiger partial charge on any atom is 0.211 e. The molecular weight excluding hydrogens is 214 g/mol. The Morgan fingerprint density at radius 3 is 2.71 bits per heavy atom. The van der Waals surface area contributed by atoms with Crippen LogP contribution < -0.4 is 0 Å². The third kappa shape index (κ3) is 2.97. The van der Waals surface area contributed by atoms with Crippen LogP contribution in [0.4, 0.5) is 0 Å². The average Bonchev–Trinajstić information content (AvgIpc) is 2.86. The van der Waals surface area contributed by atoms with E-state index in [4.69, 9.17) is 4.42 Å². The molecule has 1 fully saturated rings. The fraction of sp³-hybridized carbons (Fsp3) is 0.643. The Bertz CT molecular complexity index is 362. The Hall–Kier alpha value is -1.09. The second kappa shape index (κ2) is 5.05. The van der Waals surface area contributed by atoms with Gasteiger partial charge in [0.05, 0.1) is 12.8 Å². The lowest BCUT2D eigenvalue weighted by Gasteiger charge is -2.38. The number of hydrogen-bond donors (Lipinski definition) is 0. The van der Waals surface area contributed by atoms with Gasteiger partial charge in [-0.3, -0.25) is 9.69 Å². The molecule has 1 saturated heterocycles. The summed E-state index contributed by atoms with van der Waals surface area (Å²) in [6, 6.07) is 3.50. The van der Waals surface area contributed by atoms with E-state index in [1.165, 1.54) is 19.3 Å². The number of piperidine rings is 1. The zero-order valence-electron chi connectivity index (χ0n) is 10.7. The highest BCUT2D eigenvalue weighted by Crippen LogP contribution is 2.33. The second-order valence-corrected chi connectivity index (χ2v) is 5.34. The maximum atomic E-state index is 11.9. The van der Waals surface area contributed by atoms with Crippen molar-refractivity contribution in [2.24, 2.45) is 5.41 Å². The van der Waals surface area contributed by atoms with Crippen LogP contribution in [-0.4, -0.2) is 30.3 Å². The quantitative estimate of drug-likeness (QED) is 0.752. The molecule has 3 nitrogen and oxygen atoms in total. The van der Waals surface area contributed by atoms with Gasteiger partial charge in [-0.25, -0.2) is 0 Å². The van der Waals surface area contributed by atoms with E-state index in [9.17, 15) is 4.79 Å². The molecule has 2 heterocycles. The van der Waals surface area contributed by atoms with Gasteiger partial charge in [0.2, 0.25) is 5.78 Å². The van der Waals surface area contributed by atoms with E-state index in [0.29, 0.717) is 17.7 Å². The van der Waals surface area contributed by atoms with Crippen molar-refractivity contribution in [2.75, 3.05) is 19.6 Å². The van der Waals surface area contributed by atoms with Crippen LogP contribution in [0.15, 0.2) is 22.8 Å². The van der Waals surface area contributed by atoms with Crippen molar-refractivity contribution in [3.05, 3.63) is 24.2 Å². The number of rotatable bonds is 4. The van der Waals surface area contributed by atoms with Gasteiger partial charge in [-0.05, 0) is 43.5 Å². The van der Waals surface area contributed by atoms with Crippen LogP contribution in [0.3, 0.4) is 0 Å². The highest BCUT2D eigenvalue weighted by atomic mass is 16.3. The van der Waals surface area contributed by atoms with Crippen molar-refractivity contribution in [3.63, 3.8) is 0 Å². The maximum absolute atomic E-state index is 11.9. The van der Waals surface area contributed by atoms with Gasteiger partial charge in [0.25, 0.3) is 0 Å². The monoisotopic (exact) mass is 235 g/mol. The van der Waals surface area contributed by atoms with Gasteiger partial charge in [0, 0.05) is 0 Å². The first-order valence-electron chi connectivity index (χ1n) is 6.42. The summed E-state index contributed by atoms with van der Waals surface area (Å²) >= 11 is 0. The lowest BCUT2D eigenvalue weighted by Crippen LogP contribution is -2.40. The summed E-state index contributed by atoms with van der Waals surface area (Å²) in [5.74, 6) is 0.573. The second-order valence-electron chi connectivity index (χ2n) is 5.34. The summed E-state index contributed by atoms with van der Waals surface area (Å²) < 4.78 is 5.12. The number of likely N-dealkylation sites (tertiary alicyclic amines) is 1. The Kier molecular flexibility index (Phi) is 3.67. The molecule has 1 aromatic rings. The van der Waals surface area contributed by atoms with Crippen molar-refractivity contribution in [3.8, 4) is 0 Å². The number of carbonyl (C=O) groups is 1. The summed E-state index contributed by atoms with van der Waals surface area (Å²) in [4.78, 5) is 14.1. The molecule has 0 atom stereocenters. The first kappa shape index (κ1) is 12.4. The van der Waals surface area contributed by atoms with Crippen LogP contribution in [0, 0.1) is 5.41 Å². The van der Waals surface area contributed by atoms with E-state index in [1.807, 2.05) is 0 Å². The molecule has 1 aromatic heterocycles. The van der Waals surface area contributed by atoms with E-state index in [-0.39, 0.29) is 5.78 Å². The summed E-state index contributed by atoms with van der Waals surface area (Å²) in [6.07, 6.45) is 5.16. The molecule has 2 rings (SSSR count). The molecule has 1 aliphatic heterocycles. The van der Waals surface area contributed by atoms with Crippen LogP contribution in [0.2, 0.25) is 0 Å². The molecular formula is C14H21NO2. The minimum atomic E-state index is 0.0927. The smallest absolute Gasteiger partial charge is 0.211 e. The van der Waals surface area contributed by atoms with Crippen LogP contribution >= 0.6 is 0 Å². The van der Waals surface area contributed by atoms with Crippen molar-refractivity contribution in [1.29, 1.82) is 0 Å². The van der Waals surface area contributed by atoms with Gasteiger partial charge in [-0.15, -0.1) is 0 Å². The first-order valence-corrected chi connectivity index (χ1v) is 6.42. The molecule has 1 aliphatic rings. The Morgan fingerprint density at radius 1 is 1.47 bits per heavy atom. The van der Waals surface area contributed by atoms with E-state index in [1.54, 1.807) is 18.4 Å². The average molecular weight is 235 g/mol. The Morgan fingerprint density at radius 2 is 2.18 bits per heavy atom. The molecule has 17 heavy (non-hydrogen) atoms. The van der Waals surface area contributed by atoms with Gasteiger partial charge in [0.15, 0.2) is 5.76 Å². The van der Waals surface area contributed by atoms with Crippen molar-refractivity contribution < 1.29 is 9.21 Å². The van der Waals surface area contributed by atoms with Gasteiger partial charge in [-0.1, -0.05) is 20.3 Å². The minimum Gasteiger partial charge on any atom is -0.461 e. The standard InChI is InChI=1S/C14H21NO2/c1-3-14(2)6-8-15(9-7-14)11-12(16)13-5-4-10-17-13/h4-5,10H,3,6-9,11H2,1-2H3. The summed E-state index contributed by atoms with van der Waals surface area (Å²) in [6.45, 7) is 7.14. The third-order valence-corrected chi connectivity index (χ3v) is 4.08. The zero-order valence-corrected chi connectivity index (χ0v) is 10.7. The van der Waals surface area contributed by atoms with Crippen molar-refractivity contribution >= 4 is 5.78 Å². The molecule has 94 valence electrons. The third-order valence-electron chi connectivity index (χ3n) is 4.08. The van der Waals surface area contributed by atoms with Gasteiger partial charge in [0.1, 0.15) is 0 Å². The Balaban J connectivity index is 1.84. The number of ketones is 1. The molecule has 0 radical (unpaired) electrons. The van der Waals surface area contributed by atoms with E-state index >= 15 is 0 Å². The number of furan rings is 1. The summed E-state index contributed by atoms with van der Waals surface area (Å²) in [5.41, 5.74) is 0.476. The van der Waals surface area contributed by atoms with E-state index in [0.717, 1.165) is 13.1 Å². The van der Waals surface area contributed by atoms with Crippen LogP contribution in [-0.2, 0) is 0 Å². The van der Waals surface area contributed by atoms with Crippen LogP contribution in [0.5, 0.6) is 0 Å². The molecule has 0 aliphatic carbocycles. The van der Waals surface area contributed by atoms with Crippen LogP contribution in [0.25, 0.3) is 0 Å². The molecule has 0 bridgehead atoms. The molecule has 3 heteroatoms. The van der Waals surface area contributed by atoms with E-state index < -0.39 is 0 Å². The number of Topliss-reactive ketones (excluding diaryl/α,β-unsaturated/α-hetero) is 1. The highest BCUT2D eigenvalue weighted by molar-refractivity contribution is 5.94. The highest BCUT2D eigenvalue weighted by Gasteiger charge is 2.29. The topological polar surface area (TPSA) is 33.5 Å². The van der Waals surface area contributed by atoms with Crippen molar-refractivity contribution in [1.82, 2.24) is 4.90 Å². The lowest BCUT2D eigenvalue weighted by atomic mass is 9.78. The van der Waals surface area contributed by atoms with Crippen LogP contribution in [0.1, 0.15) is 43.7 Å². The molecule has 0 amide bonds. The number of hydrogen-bond acceptors (Lipinski definition) is 3. The zero-order chi connectivity index (χ0) is 12.3. The summed E-state index contributed by atoms with van der Waals surface area (Å²) in [7, 11) is 0. The van der Waals surface area contributed by atoms with Gasteiger partial charge >= 0.3 is 0 Å². The van der Waals surface area contributed by atoms with Crippen molar-refractivity contribution in [2.45, 2.75) is 33.1 Å². The largest absolute Gasteiger partial charge is 0.461 e. The normalized spacial score (nSPS) is 20.4. The molecule has 0 unspecified atom stereocenters. The molecule has 0 aromatic carbocycles. The first-order chi connectivity index (χ1) is 8.13. The summed E-state index contributed by atoms with van der Waals surface area (Å²) in [5, 5.41) is 0. The minimum absolute atomic E-state index is 0.0927. The van der Waals surface area contributed by atoms with Gasteiger partial charge < -0.3 is 4.42 Å². The molecule has 0 N–H and O–H groups in total. The predicted molar refractivity (Wildman–Crippen MR) is 67.1 cm³/mol. The SMILES string of the molecule is CCC1(C)CCN(CC(=O)c2ccco2)CC1. The van der Waals surface area contributed by atoms with E-state index in [2.05, 4.69) is 18.7 Å². The molecule has 0 saturated carbocycles. The fourth-order valence-corrected chi connectivity index (χ4v) is 2.32. The number of carbonyl (C=O) groups excluding carboxylic acids is 1. The fourth-order valence-electron chi connectivity index (χ4n) is 2.32. The van der Waals surface area contributed by atoms with Gasteiger partial charge in [-0.2, -0.15) is 0 Å².